The van der Waals surface area contributed by atoms with Gasteiger partial charge in [0.2, 0.25) is 0 Å². The van der Waals surface area contributed by atoms with Gasteiger partial charge in [0.15, 0.2) is 11.5 Å². The molecule has 1 fully saturated rings. The van der Waals surface area contributed by atoms with Gasteiger partial charge in [-0.1, -0.05) is 77.8 Å². The van der Waals surface area contributed by atoms with Gasteiger partial charge in [0.1, 0.15) is 6.61 Å². The van der Waals surface area contributed by atoms with Crippen LogP contribution in [0.5, 0.6) is 11.5 Å². The Hall–Kier alpha value is -3.40. The molecule has 1 heterocycles. The van der Waals surface area contributed by atoms with Crippen LogP contribution < -0.4 is 9.47 Å². The van der Waals surface area contributed by atoms with E-state index < -0.39 is 11.8 Å². The van der Waals surface area contributed by atoms with Gasteiger partial charge in [-0.3, -0.25) is 9.59 Å². The molecule has 2 amide bonds. The molecule has 0 N–H and O–H groups in total. The molecule has 4 aromatic rings. The minimum Gasteiger partial charge on any atom is -0.490 e. The molecule has 1 saturated heterocycles. The van der Waals surface area contributed by atoms with E-state index in [2.05, 4.69) is 52.0 Å². The van der Waals surface area contributed by atoms with Crippen LogP contribution in [0.1, 0.15) is 52.1 Å². The summed E-state index contributed by atoms with van der Waals surface area (Å²) in [4.78, 5) is 27.7. The number of hydrazone groups is 1. The number of carbonyl (C=O) groups excluding carboxylic acids is 2. The third-order valence-corrected chi connectivity index (χ3v) is 9.85. The van der Waals surface area contributed by atoms with Crippen LogP contribution in [0, 0.1) is 15.4 Å². The van der Waals surface area contributed by atoms with Gasteiger partial charge in [-0.05, 0) is 81.6 Å². The molecule has 6 nitrogen and oxygen atoms in total. The number of imide groups is 1. The summed E-state index contributed by atoms with van der Waals surface area (Å²) in [7, 11) is 0. The van der Waals surface area contributed by atoms with Crippen molar-refractivity contribution in [1.29, 1.82) is 0 Å². The molecule has 4 aromatic carbocycles. The molecule has 9 heteroatoms. The number of rotatable bonds is 7. The summed E-state index contributed by atoms with van der Waals surface area (Å²) >= 11 is 14.5. The highest BCUT2D eigenvalue weighted by molar-refractivity contribution is 14.1. The van der Waals surface area contributed by atoms with E-state index in [1.807, 2.05) is 43.3 Å². The molecule has 2 bridgehead atoms. The fourth-order valence-corrected chi connectivity index (χ4v) is 8.00. The Labute approximate surface area is 272 Å². The first-order chi connectivity index (χ1) is 20.9. The number of ether oxygens (including phenoxy) is 2. The Morgan fingerprint density at radius 1 is 0.837 bits per heavy atom. The van der Waals surface area contributed by atoms with Crippen LogP contribution in [0.25, 0.3) is 0 Å². The van der Waals surface area contributed by atoms with E-state index >= 15 is 0 Å². The first kappa shape index (κ1) is 28.4. The minimum atomic E-state index is -0.478. The highest BCUT2D eigenvalue weighted by atomic mass is 127. The summed E-state index contributed by atoms with van der Waals surface area (Å²) in [6.45, 7) is 2.54. The molecule has 0 saturated carbocycles. The van der Waals surface area contributed by atoms with E-state index in [-0.39, 0.29) is 30.3 Å². The highest BCUT2D eigenvalue weighted by Crippen LogP contribution is 2.61. The van der Waals surface area contributed by atoms with Crippen molar-refractivity contribution in [2.24, 2.45) is 16.9 Å². The summed E-state index contributed by atoms with van der Waals surface area (Å²) < 4.78 is 12.8. The molecule has 43 heavy (non-hydrogen) atoms. The van der Waals surface area contributed by atoms with Crippen molar-refractivity contribution in [2.45, 2.75) is 25.4 Å². The zero-order valence-electron chi connectivity index (χ0n) is 23.0. The van der Waals surface area contributed by atoms with Crippen LogP contribution in [0.15, 0.2) is 84.0 Å². The van der Waals surface area contributed by atoms with Crippen molar-refractivity contribution in [3.05, 3.63) is 126 Å². The summed E-state index contributed by atoms with van der Waals surface area (Å²) in [5.74, 6) is -0.724. The molecule has 0 spiro atoms. The van der Waals surface area contributed by atoms with Crippen LogP contribution in [-0.4, -0.2) is 29.6 Å². The topological polar surface area (TPSA) is 68.2 Å². The monoisotopic (exact) mass is 722 g/mol. The second-order valence-electron chi connectivity index (χ2n) is 10.8. The van der Waals surface area contributed by atoms with E-state index in [9.17, 15) is 9.59 Å². The van der Waals surface area contributed by atoms with Crippen LogP contribution in [0.2, 0.25) is 10.0 Å². The predicted molar refractivity (Wildman–Crippen MR) is 174 cm³/mol. The lowest BCUT2D eigenvalue weighted by Gasteiger charge is -2.45. The van der Waals surface area contributed by atoms with Gasteiger partial charge in [0.25, 0.3) is 11.8 Å². The molecule has 1 aliphatic heterocycles. The second kappa shape index (κ2) is 11.3. The average molecular weight is 723 g/mol. The highest BCUT2D eigenvalue weighted by Gasteiger charge is 2.61. The van der Waals surface area contributed by atoms with Crippen molar-refractivity contribution in [3.8, 4) is 11.5 Å². The third-order valence-electron chi connectivity index (χ3n) is 8.47. The smallest absolute Gasteiger partial charge is 0.254 e. The fourth-order valence-electron chi connectivity index (χ4n) is 6.75. The van der Waals surface area contributed by atoms with Crippen LogP contribution in [0.4, 0.5) is 0 Å². The quantitative estimate of drug-likeness (QED) is 0.111. The first-order valence-corrected chi connectivity index (χ1v) is 15.8. The van der Waals surface area contributed by atoms with Crippen molar-refractivity contribution >= 4 is 63.8 Å². The summed E-state index contributed by atoms with van der Waals surface area (Å²) in [6.07, 6.45) is 1.54. The average Bonchev–Trinajstić information content (AvgIpc) is 3.26. The Bertz CT molecular complexity index is 1710. The van der Waals surface area contributed by atoms with E-state index in [1.54, 1.807) is 24.4 Å². The van der Waals surface area contributed by atoms with Gasteiger partial charge in [0.05, 0.1) is 28.2 Å². The lowest BCUT2D eigenvalue weighted by Crippen LogP contribution is -2.41. The number of benzene rings is 4. The Morgan fingerprint density at radius 2 is 1.42 bits per heavy atom. The van der Waals surface area contributed by atoms with Crippen molar-refractivity contribution < 1.29 is 19.1 Å². The lowest BCUT2D eigenvalue weighted by atomic mass is 9.55. The normalized spacial score (nSPS) is 21.6. The van der Waals surface area contributed by atoms with Crippen LogP contribution in [0.3, 0.4) is 0 Å². The number of carbonyl (C=O) groups is 2. The van der Waals surface area contributed by atoms with Gasteiger partial charge in [-0.15, -0.1) is 0 Å². The van der Waals surface area contributed by atoms with Gasteiger partial charge in [0, 0.05) is 27.4 Å². The minimum absolute atomic E-state index is 0.171. The fraction of sp³-hybridized carbons (Fsp3) is 0.206. The molecule has 2 atom stereocenters. The number of hydrogen-bond donors (Lipinski definition) is 0. The SMILES string of the molecule is CCOc1cc(/C=N\N2C(=O)[C@@H]3C4c5ccccc5C(c5ccccc54)[C@@H]3C2=O)cc(I)c1OCc1ccc(Cl)cc1Cl. The van der Waals surface area contributed by atoms with Gasteiger partial charge < -0.3 is 9.47 Å². The molecular formula is C34H25Cl2IN2O4. The van der Waals surface area contributed by atoms with Crippen molar-refractivity contribution in [1.82, 2.24) is 5.01 Å². The van der Waals surface area contributed by atoms with E-state index in [0.29, 0.717) is 33.7 Å². The largest absolute Gasteiger partial charge is 0.490 e. The molecule has 0 radical (unpaired) electrons. The summed E-state index contributed by atoms with van der Waals surface area (Å²) in [5.41, 5.74) is 5.99. The van der Waals surface area contributed by atoms with Crippen molar-refractivity contribution in [3.63, 3.8) is 0 Å². The standard InChI is InChI=1S/C34H25Cl2IN2O4/c1-2-42-27-14-18(13-26(37)32(27)43-17-19-11-12-20(35)15-25(19)36)16-38-39-33(40)30-28-21-7-3-4-8-22(21)29(31(30)34(39)41)24-10-6-5-9-23(24)28/h3-16,28-31H,2,17H2,1H3/b38-16-/t28?,29?,30-,31+. The molecule has 4 aliphatic rings. The van der Waals surface area contributed by atoms with Gasteiger partial charge in [-0.2, -0.15) is 10.1 Å². The van der Waals surface area contributed by atoms with E-state index in [4.69, 9.17) is 32.7 Å². The van der Waals surface area contributed by atoms with Gasteiger partial charge >= 0.3 is 0 Å². The van der Waals surface area contributed by atoms with Crippen LogP contribution >= 0.6 is 45.8 Å². The predicted octanol–water partition coefficient (Wildman–Crippen LogP) is 7.80. The molecule has 3 aliphatic carbocycles. The maximum atomic E-state index is 13.9. The second-order valence-corrected chi connectivity index (χ2v) is 12.8. The number of hydrogen-bond acceptors (Lipinski definition) is 5. The molecule has 8 rings (SSSR count). The van der Waals surface area contributed by atoms with Crippen LogP contribution in [-0.2, 0) is 16.2 Å². The Kier molecular flexibility index (Phi) is 7.43. The number of amides is 2. The van der Waals surface area contributed by atoms with E-state index in [0.717, 1.165) is 36.4 Å². The first-order valence-electron chi connectivity index (χ1n) is 14.0. The maximum absolute atomic E-state index is 13.9. The Morgan fingerprint density at radius 3 is 1.95 bits per heavy atom. The molecule has 0 unspecified atom stereocenters. The zero-order valence-corrected chi connectivity index (χ0v) is 26.6. The maximum Gasteiger partial charge on any atom is 0.254 e. The van der Waals surface area contributed by atoms with Crippen molar-refractivity contribution in [2.75, 3.05) is 6.61 Å². The Balaban J connectivity index is 1.18. The zero-order chi connectivity index (χ0) is 29.8. The number of halogens is 3. The summed E-state index contributed by atoms with van der Waals surface area (Å²) in [5, 5.41) is 6.62. The third kappa shape index (κ3) is 4.73. The molecule has 0 aromatic heterocycles. The number of nitrogens with zero attached hydrogens (tertiary/aromatic N) is 2. The summed E-state index contributed by atoms with van der Waals surface area (Å²) in [6, 6.07) is 25.3. The van der Waals surface area contributed by atoms with E-state index in [1.165, 1.54) is 0 Å². The molecular weight excluding hydrogens is 698 g/mol. The molecule has 216 valence electrons. The van der Waals surface area contributed by atoms with Gasteiger partial charge in [-0.25, -0.2) is 0 Å². The lowest BCUT2D eigenvalue weighted by molar-refractivity contribution is -0.139.